The Balaban J connectivity index is 1.56. The molecule has 1 saturated carbocycles. The van der Waals surface area contributed by atoms with E-state index >= 15 is 0 Å². The molecule has 6 heteroatoms. The Bertz CT molecular complexity index is 609. The van der Waals surface area contributed by atoms with Gasteiger partial charge in [0.1, 0.15) is 16.8 Å². The number of nitriles is 1. The molecule has 0 saturated heterocycles. The van der Waals surface area contributed by atoms with E-state index in [0.717, 1.165) is 41.1 Å². The second-order valence-corrected chi connectivity index (χ2v) is 5.94. The van der Waals surface area contributed by atoms with Gasteiger partial charge >= 0.3 is 0 Å². The van der Waals surface area contributed by atoms with Gasteiger partial charge in [-0.3, -0.25) is 4.98 Å². The van der Waals surface area contributed by atoms with Gasteiger partial charge in [0.15, 0.2) is 5.01 Å². The molecule has 2 heterocycles. The summed E-state index contributed by atoms with van der Waals surface area (Å²) in [4.78, 5) is 4.23. The molecular weight excluding hydrogens is 270 g/mol. The first-order valence-corrected chi connectivity index (χ1v) is 7.59. The van der Waals surface area contributed by atoms with Crippen molar-refractivity contribution in [2.75, 3.05) is 6.54 Å². The smallest absolute Gasteiger partial charge is 0.166 e. The summed E-state index contributed by atoms with van der Waals surface area (Å²) >= 11 is 1.58. The summed E-state index contributed by atoms with van der Waals surface area (Å²) in [5, 5.41) is 22.5. The van der Waals surface area contributed by atoms with Crippen molar-refractivity contribution in [3.05, 3.63) is 28.9 Å². The van der Waals surface area contributed by atoms with Crippen LogP contribution in [0.5, 0.6) is 0 Å². The number of nitrogens with zero attached hydrogens (tertiary/aromatic N) is 4. The minimum Gasteiger partial charge on any atom is -0.314 e. The zero-order valence-corrected chi connectivity index (χ0v) is 11.9. The average molecular weight is 285 g/mol. The monoisotopic (exact) mass is 285 g/mol. The Hall–Kier alpha value is -1.84. The zero-order chi connectivity index (χ0) is 13.8. The zero-order valence-electron chi connectivity index (χ0n) is 11.0. The van der Waals surface area contributed by atoms with E-state index in [1.54, 1.807) is 23.6 Å². The van der Waals surface area contributed by atoms with Crippen LogP contribution in [0.4, 0.5) is 0 Å². The first-order chi connectivity index (χ1) is 9.85. The van der Waals surface area contributed by atoms with E-state index in [-0.39, 0.29) is 0 Å². The first-order valence-electron chi connectivity index (χ1n) is 6.77. The Kier molecular flexibility index (Phi) is 4.00. The molecular formula is C14H15N5S. The van der Waals surface area contributed by atoms with Crippen molar-refractivity contribution in [1.29, 1.82) is 5.26 Å². The SMILES string of the molecule is N#Cc1ccc(-c2nnc(CCCNC3CC3)s2)nc1. The Morgan fingerprint density at radius 1 is 1.35 bits per heavy atom. The van der Waals surface area contributed by atoms with Gasteiger partial charge in [0.2, 0.25) is 0 Å². The minimum atomic E-state index is 0.560. The molecule has 0 unspecified atom stereocenters. The molecule has 0 aromatic carbocycles. The van der Waals surface area contributed by atoms with Gasteiger partial charge < -0.3 is 5.32 Å². The topological polar surface area (TPSA) is 74.5 Å². The van der Waals surface area contributed by atoms with Gasteiger partial charge in [0, 0.05) is 18.7 Å². The fourth-order valence-corrected chi connectivity index (χ4v) is 2.74. The number of hydrogen-bond donors (Lipinski definition) is 1. The van der Waals surface area contributed by atoms with Gasteiger partial charge in [-0.25, -0.2) is 0 Å². The number of hydrogen-bond acceptors (Lipinski definition) is 6. The van der Waals surface area contributed by atoms with Crippen LogP contribution in [0.25, 0.3) is 10.7 Å². The lowest BCUT2D eigenvalue weighted by molar-refractivity contribution is 0.643. The van der Waals surface area contributed by atoms with Crippen LogP contribution in [0.1, 0.15) is 29.8 Å². The quantitative estimate of drug-likeness (QED) is 0.823. The molecule has 0 atom stereocenters. The van der Waals surface area contributed by atoms with E-state index in [9.17, 15) is 0 Å². The maximum atomic E-state index is 8.75. The third-order valence-electron chi connectivity index (χ3n) is 3.16. The molecule has 0 amide bonds. The van der Waals surface area contributed by atoms with E-state index < -0.39 is 0 Å². The van der Waals surface area contributed by atoms with Crippen LogP contribution >= 0.6 is 11.3 Å². The van der Waals surface area contributed by atoms with Gasteiger partial charge in [0.05, 0.1) is 5.56 Å². The number of pyridine rings is 1. The highest BCUT2D eigenvalue weighted by atomic mass is 32.1. The number of aryl methyl sites for hydroxylation is 1. The van der Waals surface area contributed by atoms with E-state index in [1.807, 2.05) is 6.07 Å². The van der Waals surface area contributed by atoms with E-state index in [2.05, 4.69) is 26.6 Å². The summed E-state index contributed by atoms with van der Waals surface area (Å²) in [5.74, 6) is 0. The fraction of sp³-hybridized carbons (Fsp3) is 0.429. The van der Waals surface area contributed by atoms with Crippen LogP contribution in [0, 0.1) is 11.3 Å². The molecule has 20 heavy (non-hydrogen) atoms. The Morgan fingerprint density at radius 3 is 2.95 bits per heavy atom. The third kappa shape index (κ3) is 3.38. The molecule has 2 aromatic heterocycles. The molecule has 1 aliphatic carbocycles. The maximum Gasteiger partial charge on any atom is 0.166 e. The van der Waals surface area contributed by atoms with Gasteiger partial charge in [-0.05, 0) is 37.9 Å². The molecule has 3 rings (SSSR count). The lowest BCUT2D eigenvalue weighted by Gasteiger charge is -1.99. The summed E-state index contributed by atoms with van der Waals surface area (Å²) in [6, 6.07) is 6.39. The van der Waals surface area contributed by atoms with Crippen molar-refractivity contribution >= 4 is 11.3 Å². The largest absolute Gasteiger partial charge is 0.314 e. The molecule has 1 aliphatic rings. The summed E-state index contributed by atoms with van der Waals surface area (Å²) < 4.78 is 0. The van der Waals surface area contributed by atoms with Gasteiger partial charge in [-0.2, -0.15) is 5.26 Å². The van der Waals surface area contributed by atoms with Gasteiger partial charge in [0.25, 0.3) is 0 Å². The predicted octanol–water partition coefficient (Wildman–Crippen LogP) is 2.16. The van der Waals surface area contributed by atoms with Crippen molar-refractivity contribution in [2.24, 2.45) is 0 Å². The number of rotatable bonds is 6. The normalized spacial score (nSPS) is 14.2. The third-order valence-corrected chi connectivity index (χ3v) is 4.16. The van der Waals surface area contributed by atoms with Crippen LogP contribution in [0.2, 0.25) is 0 Å². The predicted molar refractivity (Wildman–Crippen MR) is 77.2 cm³/mol. The first kappa shape index (κ1) is 13.2. The van der Waals surface area contributed by atoms with Crippen LogP contribution in [-0.2, 0) is 6.42 Å². The van der Waals surface area contributed by atoms with E-state index in [1.165, 1.54) is 12.8 Å². The molecule has 0 aliphatic heterocycles. The van der Waals surface area contributed by atoms with Crippen molar-refractivity contribution in [2.45, 2.75) is 31.7 Å². The van der Waals surface area contributed by atoms with Crippen molar-refractivity contribution in [3.8, 4) is 16.8 Å². The summed E-state index contributed by atoms with van der Waals surface area (Å²) in [5.41, 5.74) is 1.34. The molecule has 0 bridgehead atoms. The Labute approximate surface area is 121 Å². The standard InChI is InChI=1S/C14H15N5S/c15-8-10-3-6-12(17-9-10)14-19-18-13(20-14)2-1-7-16-11-4-5-11/h3,6,9,11,16H,1-2,4-5,7H2. The highest BCUT2D eigenvalue weighted by Crippen LogP contribution is 2.22. The Morgan fingerprint density at radius 2 is 2.25 bits per heavy atom. The molecule has 0 radical (unpaired) electrons. The summed E-state index contributed by atoms with van der Waals surface area (Å²) in [7, 11) is 0. The molecule has 2 aromatic rings. The van der Waals surface area contributed by atoms with Crippen molar-refractivity contribution in [1.82, 2.24) is 20.5 Å². The van der Waals surface area contributed by atoms with E-state index in [4.69, 9.17) is 5.26 Å². The molecule has 1 fully saturated rings. The molecule has 0 spiro atoms. The summed E-state index contributed by atoms with van der Waals surface area (Å²) in [6.45, 7) is 1.05. The lowest BCUT2D eigenvalue weighted by Crippen LogP contribution is -2.17. The van der Waals surface area contributed by atoms with Crippen LogP contribution in [0.15, 0.2) is 18.3 Å². The fourth-order valence-electron chi connectivity index (χ4n) is 1.88. The van der Waals surface area contributed by atoms with Crippen LogP contribution < -0.4 is 5.32 Å². The molecule has 102 valence electrons. The lowest BCUT2D eigenvalue weighted by atomic mass is 10.3. The number of aromatic nitrogens is 3. The van der Waals surface area contributed by atoms with Crippen LogP contribution in [-0.4, -0.2) is 27.8 Å². The van der Waals surface area contributed by atoms with Gasteiger partial charge in [-0.1, -0.05) is 11.3 Å². The van der Waals surface area contributed by atoms with Crippen LogP contribution in [0.3, 0.4) is 0 Å². The average Bonchev–Trinajstić information content (AvgIpc) is 3.20. The highest BCUT2D eigenvalue weighted by Gasteiger charge is 2.19. The second kappa shape index (κ2) is 6.07. The maximum absolute atomic E-state index is 8.75. The van der Waals surface area contributed by atoms with Crippen molar-refractivity contribution < 1.29 is 0 Å². The molecule has 1 N–H and O–H groups in total. The summed E-state index contributed by atoms with van der Waals surface area (Å²) in [6.07, 6.45) is 6.26. The highest BCUT2D eigenvalue weighted by molar-refractivity contribution is 7.14. The van der Waals surface area contributed by atoms with Crippen molar-refractivity contribution in [3.63, 3.8) is 0 Å². The van der Waals surface area contributed by atoms with E-state index in [0.29, 0.717) is 5.56 Å². The van der Waals surface area contributed by atoms with Gasteiger partial charge in [-0.15, -0.1) is 10.2 Å². The second-order valence-electron chi connectivity index (χ2n) is 4.88. The minimum absolute atomic E-state index is 0.560. The molecule has 5 nitrogen and oxygen atoms in total. The number of nitrogens with one attached hydrogen (secondary N) is 1.